The van der Waals surface area contributed by atoms with Crippen molar-refractivity contribution >= 4 is 45.9 Å². The summed E-state index contributed by atoms with van der Waals surface area (Å²) in [4.78, 5) is 4.28. The molecule has 0 bridgehead atoms. The molecule has 0 fully saturated rings. The van der Waals surface area contributed by atoms with Crippen molar-refractivity contribution in [2.75, 3.05) is 5.43 Å². The lowest BCUT2D eigenvalue weighted by atomic mass is 10.2. The molecule has 1 heterocycles. The number of anilines is 1. The van der Waals surface area contributed by atoms with Crippen molar-refractivity contribution in [3.05, 3.63) is 74.7 Å². The molecule has 0 atom stereocenters. The molecule has 0 saturated carbocycles. The molecule has 4 nitrogen and oxygen atoms in total. The minimum atomic E-state index is 0.383. The Labute approximate surface area is 160 Å². The number of halogens is 2. The van der Waals surface area contributed by atoms with Crippen molar-refractivity contribution in [1.29, 1.82) is 0 Å². The summed E-state index contributed by atoms with van der Waals surface area (Å²) in [5.41, 5.74) is 5.73. The highest BCUT2D eigenvalue weighted by molar-refractivity contribution is 7.13. The van der Waals surface area contributed by atoms with Crippen LogP contribution in [0, 0.1) is 6.92 Å². The Bertz CT molecular complexity index is 878. The Kier molecular flexibility index (Phi) is 5.91. The first-order chi connectivity index (χ1) is 12.1. The lowest BCUT2D eigenvalue weighted by Gasteiger charge is -2.08. The third kappa shape index (κ3) is 5.19. The van der Waals surface area contributed by atoms with Crippen molar-refractivity contribution in [2.45, 2.75) is 13.5 Å². The van der Waals surface area contributed by atoms with Gasteiger partial charge in [-0.2, -0.15) is 5.10 Å². The van der Waals surface area contributed by atoms with E-state index in [-0.39, 0.29) is 0 Å². The van der Waals surface area contributed by atoms with E-state index in [1.807, 2.05) is 42.6 Å². The van der Waals surface area contributed by atoms with E-state index in [0.717, 1.165) is 27.7 Å². The highest BCUT2D eigenvalue weighted by Crippen LogP contribution is 2.22. The number of rotatable bonds is 6. The van der Waals surface area contributed by atoms with Crippen LogP contribution in [0.2, 0.25) is 10.0 Å². The molecule has 0 aliphatic carbocycles. The predicted molar refractivity (Wildman–Crippen MR) is 105 cm³/mol. The highest BCUT2D eigenvalue weighted by atomic mass is 35.5. The molecule has 3 rings (SSSR count). The van der Waals surface area contributed by atoms with E-state index in [4.69, 9.17) is 27.9 Å². The predicted octanol–water partition coefficient (Wildman–Crippen LogP) is 5.78. The van der Waals surface area contributed by atoms with Gasteiger partial charge in [-0.1, -0.05) is 29.3 Å². The number of hydrogen-bond acceptors (Lipinski definition) is 5. The average molecular weight is 392 g/mol. The Morgan fingerprint density at radius 2 is 2.00 bits per heavy atom. The monoisotopic (exact) mass is 391 g/mol. The fraction of sp³-hybridized carbons (Fsp3) is 0.111. The van der Waals surface area contributed by atoms with Crippen LogP contribution in [0.3, 0.4) is 0 Å². The molecule has 1 aromatic heterocycles. The zero-order valence-electron chi connectivity index (χ0n) is 13.4. The van der Waals surface area contributed by atoms with Crippen LogP contribution in [0.1, 0.15) is 16.8 Å². The fourth-order valence-electron chi connectivity index (χ4n) is 2.02. The van der Waals surface area contributed by atoms with Crippen LogP contribution < -0.4 is 10.2 Å². The minimum absolute atomic E-state index is 0.383. The molecular formula is C18H15Cl2N3OS. The summed E-state index contributed by atoms with van der Waals surface area (Å²) in [5, 5.41) is 8.12. The molecular weight excluding hydrogens is 377 g/mol. The molecule has 0 aliphatic heterocycles. The number of benzene rings is 2. The Morgan fingerprint density at radius 1 is 1.20 bits per heavy atom. The number of ether oxygens (including phenoxy) is 1. The molecule has 0 saturated heterocycles. The second-order valence-corrected chi connectivity index (χ2v) is 6.96. The largest absolute Gasteiger partial charge is 0.489 e. The van der Waals surface area contributed by atoms with Crippen LogP contribution in [0.5, 0.6) is 5.75 Å². The van der Waals surface area contributed by atoms with Gasteiger partial charge in [0.25, 0.3) is 0 Å². The number of hydrazone groups is 1. The van der Waals surface area contributed by atoms with Gasteiger partial charge in [0.1, 0.15) is 12.4 Å². The molecule has 3 aromatic rings. The first kappa shape index (κ1) is 17.7. The second-order valence-electron chi connectivity index (χ2n) is 5.26. The van der Waals surface area contributed by atoms with Gasteiger partial charge in [0.05, 0.1) is 11.9 Å². The second kappa shape index (κ2) is 8.34. The molecule has 0 radical (unpaired) electrons. The van der Waals surface area contributed by atoms with Gasteiger partial charge in [-0.3, -0.25) is 5.43 Å². The topological polar surface area (TPSA) is 46.5 Å². The maximum atomic E-state index is 6.14. The van der Waals surface area contributed by atoms with Crippen molar-refractivity contribution in [2.24, 2.45) is 5.10 Å². The smallest absolute Gasteiger partial charge is 0.203 e. The summed E-state index contributed by atoms with van der Waals surface area (Å²) in [6.45, 7) is 2.33. The molecule has 1 N–H and O–H groups in total. The molecule has 25 heavy (non-hydrogen) atoms. The van der Waals surface area contributed by atoms with E-state index in [1.165, 1.54) is 11.3 Å². The van der Waals surface area contributed by atoms with Gasteiger partial charge in [-0.25, -0.2) is 4.98 Å². The van der Waals surface area contributed by atoms with E-state index in [2.05, 4.69) is 15.5 Å². The highest BCUT2D eigenvalue weighted by Gasteiger charge is 2.02. The quantitative estimate of drug-likeness (QED) is 0.427. The van der Waals surface area contributed by atoms with Gasteiger partial charge in [0, 0.05) is 21.0 Å². The summed E-state index contributed by atoms with van der Waals surface area (Å²) in [6, 6.07) is 13.0. The normalized spacial score (nSPS) is 11.0. The van der Waals surface area contributed by atoms with Gasteiger partial charge < -0.3 is 4.74 Å². The van der Waals surface area contributed by atoms with Crippen molar-refractivity contribution in [3.63, 3.8) is 0 Å². The Hall–Kier alpha value is -2.08. The van der Waals surface area contributed by atoms with Crippen molar-refractivity contribution in [1.82, 2.24) is 4.98 Å². The van der Waals surface area contributed by atoms with Crippen LogP contribution in [0.4, 0.5) is 5.13 Å². The fourth-order valence-corrected chi connectivity index (χ4v) is 3.12. The maximum absolute atomic E-state index is 6.14. The first-order valence-electron chi connectivity index (χ1n) is 7.48. The average Bonchev–Trinajstić information content (AvgIpc) is 3.01. The van der Waals surface area contributed by atoms with Crippen LogP contribution in [-0.4, -0.2) is 11.2 Å². The summed E-state index contributed by atoms with van der Waals surface area (Å²) >= 11 is 13.5. The zero-order valence-corrected chi connectivity index (χ0v) is 15.7. The van der Waals surface area contributed by atoms with Gasteiger partial charge in [-0.05, 0) is 48.9 Å². The number of thiazole rings is 1. The van der Waals surface area contributed by atoms with Crippen molar-refractivity contribution < 1.29 is 4.74 Å². The number of aromatic nitrogens is 1. The summed E-state index contributed by atoms with van der Waals surface area (Å²) in [7, 11) is 0. The van der Waals surface area contributed by atoms with Crippen LogP contribution in [0.15, 0.2) is 52.9 Å². The molecule has 0 aliphatic rings. The molecule has 7 heteroatoms. The maximum Gasteiger partial charge on any atom is 0.203 e. The number of nitrogens with one attached hydrogen (secondary N) is 1. The minimum Gasteiger partial charge on any atom is -0.489 e. The van der Waals surface area contributed by atoms with Crippen LogP contribution >= 0.6 is 34.5 Å². The lowest BCUT2D eigenvalue weighted by Crippen LogP contribution is -1.96. The molecule has 128 valence electrons. The Balaban J connectivity index is 1.54. The summed E-state index contributed by atoms with van der Waals surface area (Å²) in [5.74, 6) is 0.756. The first-order valence-corrected chi connectivity index (χ1v) is 9.12. The third-order valence-electron chi connectivity index (χ3n) is 3.28. The van der Waals surface area contributed by atoms with Gasteiger partial charge in [-0.15, -0.1) is 11.3 Å². The van der Waals surface area contributed by atoms with E-state index in [9.17, 15) is 0 Å². The molecule has 0 spiro atoms. The number of hydrogen-bond donors (Lipinski definition) is 1. The molecule has 0 amide bonds. The zero-order chi connectivity index (χ0) is 17.6. The van der Waals surface area contributed by atoms with Gasteiger partial charge >= 0.3 is 0 Å². The SMILES string of the molecule is Cc1csc(N/N=C\c2ccc(OCc3ccc(Cl)cc3Cl)cc2)n1. The lowest BCUT2D eigenvalue weighted by molar-refractivity contribution is 0.306. The Morgan fingerprint density at radius 3 is 2.68 bits per heavy atom. The number of aryl methyl sites for hydroxylation is 1. The summed E-state index contributed by atoms with van der Waals surface area (Å²) in [6.07, 6.45) is 1.73. The molecule has 0 unspecified atom stereocenters. The summed E-state index contributed by atoms with van der Waals surface area (Å²) < 4.78 is 5.75. The van der Waals surface area contributed by atoms with Crippen LogP contribution in [0.25, 0.3) is 0 Å². The van der Waals surface area contributed by atoms with Gasteiger partial charge in [0.15, 0.2) is 0 Å². The standard InChI is InChI=1S/C18H15Cl2N3OS/c1-12-11-25-18(22-12)23-21-9-13-2-6-16(7-3-13)24-10-14-4-5-15(19)8-17(14)20/h2-9,11H,10H2,1H3,(H,22,23)/b21-9-. The van der Waals surface area contributed by atoms with E-state index in [0.29, 0.717) is 16.7 Å². The van der Waals surface area contributed by atoms with E-state index in [1.54, 1.807) is 18.3 Å². The molecule has 2 aromatic carbocycles. The van der Waals surface area contributed by atoms with E-state index >= 15 is 0 Å². The van der Waals surface area contributed by atoms with E-state index < -0.39 is 0 Å². The van der Waals surface area contributed by atoms with Crippen LogP contribution in [-0.2, 0) is 6.61 Å². The van der Waals surface area contributed by atoms with Crippen molar-refractivity contribution in [3.8, 4) is 5.75 Å². The van der Waals surface area contributed by atoms with Gasteiger partial charge in [0.2, 0.25) is 5.13 Å². The third-order valence-corrected chi connectivity index (χ3v) is 4.73. The number of nitrogens with zero attached hydrogens (tertiary/aromatic N) is 2.